The second-order valence-corrected chi connectivity index (χ2v) is 11.1. The summed E-state index contributed by atoms with van der Waals surface area (Å²) in [5.74, 6) is -4.38. The van der Waals surface area contributed by atoms with Gasteiger partial charge in [-0.3, -0.25) is 9.59 Å². The van der Waals surface area contributed by atoms with Gasteiger partial charge in [0.1, 0.15) is 10.6 Å². The van der Waals surface area contributed by atoms with Gasteiger partial charge in [0.15, 0.2) is 0 Å². The summed E-state index contributed by atoms with van der Waals surface area (Å²) in [5, 5.41) is 26.2. The monoisotopic (exact) mass is 618 g/mol. The van der Waals surface area contributed by atoms with Gasteiger partial charge < -0.3 is 25.6 Å². The van der Waals surface area contributed by atoms with Crippen molar-refractivity contribution in [2.24, 2.45) is 0 Å². The zero-order valence-corrected chi connectivity index (χ0v) is 24.6. The molecule has 0 atom stereocenters. The number of esters is 1. The van der Waals surface area contributed by atoms with Gasteiger partial charge in [0.2, 0.25) is 5.91 Å². The van der Waals surface area contributed by atoms with Gasteiger partial charge in [-0.1, -0.05) is 35.9 Å². The van der Waals surface area contributed by atoms with E-state index in [0.717, 1.165) is 29.3 Å². The minimum absolute atomic E-state index is 0.00274. The molecule has 10 nitrogen and oxygen atoms in total. The lowest BCUT2D eigenvalue weighted by atomic mass is 10.0. The predicted octanol–water partition coefficient (Wildman–Crippen LogP) is 6.28. The molecule has 4 N–H and O–H groups in total. The molecule has 0 saturated carbocycles. The molecule has 1 heterocycles. The van der Waals surface area contributed by atoms with Crippen molar-refractivity contribution in [3.05, 3.63) is 99.9 Å². The third kappa shape index (κ3) is 7.67. The van der Waals surface area contributed by atoms with Gasteiger partial charge in [-0.2, -0.15) is 0 Å². The average molecular weight is 619 g/mol. The standard InChI is InChI=1S/C31H26N2O8S2/c1-3-41-31(40)26-24(18-9-7-17(2)8-10-18)15-43-28(26)33-25(34)16-42-21-6-4-5-20(14-21)32-27(35)22-12-11-19(29(36)37)13-23(22)30(38)39/h4-15H,3,16H2,1-2H3,(H,32,35)(H,33,34)(H,36,37)(H,38,39). The first-order valence-corrected chi connectivity index (χ1v) is 14.7. The number of benzene rings is 3. The summed E-state index contributed by atoms with van der Waals surface area (Å²) in [6.45, 7) is 3.86. The topological polar surface area (TPSA) is 159 Å². The van der Waals surface area contributed by atoms with E-state index in [1.165, 1.54) is 23.1 Å². The molecular formula is C31H26N2O8S2. The van der Waals surface area contributed by atoms with Crippen LogP contribution in [0.1, 0.15) is 53.9 Å². The van der Waals surface area contributed by atoms with Crippen LogP contribution in [-0.4, -0.2) is 52.3 Å². The number of carbonyl (C=O) groups is 5. The van der Waals surface area contributed by atoms with Crippen LogP contribution in [0.2, 0.25) is 0 Å². The van der Waals surface area contributed by atoms with E-state index in [0.29, 0.717) is 21.1 Å². The van der Waals surface area contributed by atoms with Crippen molar-refractivity contribution < 1.29 is 38.9 Å². The molecule has 0 spiro atoms. The third-order valence-electron chi connectivity index (χ3n) is 6.09. The number of carboxylic acid groups (broad SMARTS) is 2. The second kappa shape index (κ2) is 13.8. The van der Waals surface area contributed by atoms with E-state index in [9.17, 15) is 29.1 Å². The number of thiophene rings is 1. The summed E-state index contributed by atoms with van der Waals surface area (Å²) < 4.78 is 5.26. The minimum atomic E-state index is -1.44. The highest BCUT2D eigenvalue weighted by Gasteiger charge is 2.23. The number of nitrogens with one attached hydrogen (secondary N) is 2. The molecule has 0 bridgehead atoms. The number of carboxylic acids is 2. The van der Waals surface area contributed by atoms with Crippen LogP contribution in [0.15, 0.2) is 77.0 Å². The van der Waals surface area contributed by atoms with E-state index >= 15 is 0 Å². The van der Waals surface area contributed by atoms with E-state index < -0.39 is 29.4 Å². The van der Waals surface area contributed by atoms with Crippen LogP contribution in [0.4, 0.5) is 10.7 Å². The van der Waals surface area contributed by atoms with Crippen molar-refractivity contribution in [2.45, 2.75) is 18.7 Å². The normalized spacial score (nSPS) is 10.6. The summed E-state index contributed by atoms with van der Waals surface area (Å²) in [5.41, 5.74) is 2.30. The Bertz CT molecular complexity index is 1710. The summed E-state index contributed by atoms with van der Waals surface area (Å²) in [6.07, 6.45) is 0. The summed E-state index contributed by atoms with van der Waals surface area (Å²) in [4.78, 5) is 62.0. The Balaban J connectivity index is 1.45. The smallest absolute Gasteiger partial charge is 0.341 e. The Labute approximate surface area is 254 Å². The number of hydrogen-bond acceptors (Lipinski definition) is 8. The fourth-order valence-corrected chi connectivity index (χ4v) is 5.76. The van der Waals surface area contributed by atoms with Crippen LogP contribution in [-0.2, 0) is 9.53 Å². The van der Waals surface area contributed by atoms with Crippen LogP contribution in [0.25, 0.3) is 11.1 Å². The molecular weight excluding hydrogens is 592 g/mol. The Morgan fingerprint density at radius 2 is 1.63 bits per heavy atom. The first kappa shape index (κ1) is 31.0. The molecule has 4 aromatic rings. The Kier molecular flexibility index (Phi) is 9.96. The number of thioether (sulfide) groups is 1. The number of anilines is 2. The number of hydrogen-bond donors (Lipinski definition) is 4. The quantitative estimate of drug-likeness (QED) is 0.112. The second-order valence-electron chi connectivity index (χ2n) is 9.13. The number of amides is 2. The van der Waals surface area contributed by atoms with Crippen molar-refractivity contribution in [3.63, 3.8) is 0 Å². The molecule has 0 fully saturated rings. The summed E-state index contributed by atoms with van der Waals surface area (Å²) in [7, 11) is 0. The first-order valence-electron chi connectivity index (χ1n) is 12.9. The van der Waals surface area contributed by atoms with Crippen LogP contribution in [0.3, 0.4) is 0 Å². The molecule has 0 saturated heterocycles. The lowest BCUT2D eigenvalue weighted by Gasteiger charge is -2.11. The lowest BCUT2D eigenvalue weighted by Crippen LogP contribution is -2.17. The summed E-state index contributed by atoms with van der Waals surface area (Å²) in [6, 6.07) is 17.5. The molecule has 0 unspecified atom stereocenters. The number of rotatable bonds is 11. The fourth-order valence-electron chi connectivity index (χ4n) is 4.03. The van der Waals surface area contributed by atoms with Gasteiger partial charge in [-0.05, 0) is 55.8 Å². The van der Waals surface area contributed by atoms with Crippen LogP contribution < -0.4 is 10.6 Å². The number of ether oxygens (including phenoxy) is 1. The van der Waals surface area contributed by atoms with Crippen molar-refractivity contribution in [3.8, 4) is 11.1 Å². The minimum Gasteiger partial charge on any atom is -0.478 e. The van der Waals surface area contributed by atoms with Crippen LogP contribution >= 0.6 is 23.1 Å². The maximum atomic E-state index is 12.9. The maximum Gasteiger partial charge on any atom is 0.341 e. The predicted molar refractivity (Wildman–Crippen MR) is 165 cm³/mol. The molecule has 0 radical (unpaired) electrons. The van der Waals surface area contributed by atoms with E-state index in [1.54, 1.807) is 36.6 Å². The van der Waals surface area contributed by atoms with E-state index in [4.69, 9.17) is 9.84 Å². The Morgan fingerprint density at radius 3 is 2.30 bits per heavy atom. The van der Waals surface area contributed by atoms with Gasteiger partial charge in [-0.25, -0.2) is 14.4 Å². The molecule has 43 heavy (non-hydrogen) atoms. The third-order valence-corrected chi connectivity index (χ3v) is 7.98. The number of carbonyl (C=O) groups excluding carboxylic acids is 3. The van der Waals surface area contributed by atoms with E-state index in [1.807, 2.05) is 31.2 Å². The van der Waals surface area contributed by atoms with Gasteiger partial charge >= 0.3 is 17.9 Å². The fraction of sp³-hybridized carbons (Fsp3) is 0.129. The van der Waals surface area contributed by atoms with Crippen LogP contribution in [0.5, 0.6) is 0 Å². The molecule has 0 aliphatic rings. The number of aromatic carboxylic acids is 2. The molecule has 0 aliphatic carbocycles. The SMILES string of the molecule is CCOC(=O)c1c(-c2ccc(C)cc2)csc1NC(=O)CSc1cccc(NC(=O)c2ccc(C(=O)O)cc2C(=O)O)c1. The molecule has 3 aromatic carbocycles. The van der Waals surface area contributed by atoms with E-state index in [-0.39, 0.29) is 35.0 Å². The van der Waals surface area contributed by atoms with Gasteiger partial charge in [0.25, 0.3) is 5.91 Å². The zero-order chi connectivity index (χ0) is 31.1. The molecule has 220 valence electrons. The Hall–Kier alpha value is -4.94. The lowest BCUT2D eigenvalue weighted by molar-refractivity contribution is -0.113. The van der Waals surface area contributed by atoms with Gasteiger partial charge in [0, 0.05) is 21.5 Å². The first-order chi connectivity index (χ1) is 20.6. The number of aryl methyl sites for hydroxylation is 1. The molecule has 4 rings (SSSR count). The molecule has 1 aromatic heterocycles. The largest absolute Gasteiger partial charge is 0.478 e. The van der Waals surface area contributed by atoms with Crippen molar-refractivity contribution in [2.75, 3.05) is 23.0 Å². The van der Waals surface area contributed by atoms with Crippen molar-refractivity contribution in [1.29, 1.82) is 0 Å². The average Bonchev–Trinajstić information content (AvgIpc) is 3.39. The highest BCUT2D eigenvalue weighted by atomic mass is 32.2. The molecule has 2 amide bonds. The summed E-state index contributed by atoms with van der Waals surface area (Å²) >= 11 is 2.42. The van der Waals surface area contributed by atoms with E-state index in [2.05, 4.69) is 10.6 Å². The van der Waals surface area contributed by atoms with Gasteiger partial charge in [0.05, 0.1) is 29.1 Å². The van der Waals surface area contributed by atoms with Crippen molar-refractivity contribution >= 4 is 63.5 Å². The highest BCUT2D eigenvalue weighted by Crippen LogP contribution is 2.36. The van der Waals surface area contributed by atoms with Crippen molar-refractivity contribution in [1.82, 2.24) is 0 Å². The molecule has 0 aliphatic heterocycles. The highest BCUT2D eigenvalue weighted by molar-refractivity contribution is 8.00. The van der Waals surface area contributed by atoms with Gasteiger partial charge in [-0.15, -0.1) is 23.1 Å². The zero-order valence-electron chi connectivity index (χ0n) is 23.0. The van der Waals surface area contributed by atoms with Crippen LogP contribution in [0, 0.1) is 6.92 Å². The maximum absolute atomic E-state index is 12.9. The Morgan fingerprint density at radius 1 is 0.884 bits per heavy atom. The molecule has 12 heteroatoms.